The van der Waals surface area contributed by atoms with E-state index in [4.69, 9.17) is 9.47 Å². The quantitative estimate of drug-likeness (QED) is 0.0500. The highest BCUT2D eigenvalue weighted by Gasteiger charge is 2.38. The maximum absolute atomic E-state index is 11.4. The summed E-state index contributed by atoms with van der Waals surface area (Å²) in [4.78, 5) is 0. The minimum absolute atomic E-state index is 0.128. The molecule has 0 saturated carbocycles. The molecule has 3 nitrogen and oxygen atoms in total. The van der Waals surface area contributed by atoms with E-state index in [0.717, 1.165) is 41.7 Å². The van der Waals surface area contributed by atoms with Crippen LogP contribution in [0.25, 0.3) is 0 Å². The third kappa shape index (κ3) is 13.6. The van der Waals surface area contributed by atoms with Crippen LogP contribution in [-0.4, -0.2) is 24.4 Å². The summed E-state index contributed by atoms with van der Waals surface area (Å²) >= 11 is 0. The molecule has 0 fully saturated rings. The van der Waals surface area contributed by atoms with Crippen molar-refractivity contribution < 1.29 is 14.6 Å². The molecular weight excluding hydrogens is 625 g/mol. The van der Waals surface area contributed by atoms with E-state index < -0.39 is 11.7 Å². The van der Waals surface area contributed by atoms with Crippen molar-refractivity contribution in [1.82, 2.24) is 0 Å². The summed E-state index contributed by atoms with van der Waals surface area (Å²) in [5, 5.41) is 11.4. The van der Waals surface area contributed by atoms with Gasteiger partial charge in [-0.25, -0.2) is 0 Å². The summed E-state index contributed by atoms with van der Waals surface area (Å²) in [5.41, 5.74) is 4.77. The average molecular weight is 691 g/mol. The van der Waals surface area contributed by atoms with E-state index in [0.29, 0.717) is 0 Å². The van der Waals surface area contributed by atoms with Gasteiger partial charge in [-0.05, 0) is 59.6 Å². The Bertz CT molecular complexity index is 1340. The molecule has 0 aliphatic rings. The van der Waals surface area contributed by atoms with Crippen LogP contribution >= 0.6 is 0 Å². The molecule has 0 aliphatic carbocycles. The van der Waals surface area contributed by atoms with Gasteiger partial charge in [0.15, 0.2) is 0 Å². The van der Waals surface area contributed by atoms with E-state index in [1.807, 2.05) is 54.6 Å². The molecule has 0 amide bonds. The Kier molecular flexibility index (Phi) is 19.0. The second kappa shape index (κ2) is 24.0. The number of hydrogen-bond acceptors (Lipinski definition) is 3. The van der Waals surface area contributed by atoms with Gasteiger partial charge in [-0.2, -0.15) is 0 Å². The molecule has 0 saturated heterocycles. The van der Waals surface area contributed by atoms with Crippen molar-refractivity contribution in [2.75, 3.05) is 13.2 Å². The van der Waals surface area contributed by atoms with Gasteiger partial charge < -0.3 is 14.6 Å². The van der Waals surface area contributed by atoms with Crippen molar-refractivity contribution in [3.05, 3.63) is 137 Å². The molecule has 0 aromatic heterocycles. The van der Waals surface area contributed by atoms with E-state index in [-0.39, 0.29) is 13.2 Å². The van der Waals surface area contributed by atoms with E-state index in [1.54, 1.807) is 0 Å². The summed E-state index contributed by atoms with van der Waals surface area (Å²) in [5.74, 6) is 0.919. The van der Waals surface area contributed by atoms with Crippen molar-refractivity contribution in [3.8, 4) is 5.75 Å². The lowest BCUT2D eigenvalue weighted by molar-refractivity contribution is -0.0494. The number of hydrogen-bond donors (Lipinski definition) is 1. The van der Waals surface area contributed by atoms with Crippen molar-refractivity contribution in [2.45, 2.75) is 141 Å². The highest BCUT2D eigenvalue weighted by atomic mass is 16.5. The van der Waals surface area contributed by atoms with Crippen LogP contribution < -0.4 is 4.74 Å². The zero-order valence-electron chi connectivity index (χ0n) is 31.9. The van der Waals surface area contributed by atoms with Gasteiger partial charge in [-0.15, -0.1) is 0 Å². The molecule has 0 spiro atoms. The van der Waals surface area contributed by atoms with Gasteiger partial charge in [0.05, 0.1) is 6.61 Å². The number of aliphatic hydroxyl groups excluding tert-OH is 1. The Labute approximate surface area is 310 Å². The fraction of sp³-hybridized carbons (Fsp3) is 0.500. The number of rotatable bonds is 27. The first-order chi connectivity index (χ1) is 25.2. The summed E-state index contributed by atoms with van der Waals surface area (Å²) in [6.07, 6.45) is 22.5. The highest BCUT2D eigenvalue weighted by molar-refractivity contribution is 5.47. The van der Waals surface area contributed by atoms with E-state index in [1.165, 1.54) is 107 Å². The smallest absolute Gasteiger partial charge is 0.143 e. The van der Waals surface area contributed by atoms with E-state index >= 15 is 0 Å². The fourth-order valence-electron chi connectivity index (χ4n) is 7.23. The molecule has 0 bridgehead atoms. The number of aryl methyl sites for hydroxylation is 2. The first-order valence-electron chi connectivity index (χ1n) is 20.4. The van der Waals surface area contributed by atoms with Gasteiger partial charge >= 0.3 is 0 Å². The monoisotopic (exact) mass is 691 g/mol. The van der Waals surface area contributed by atoms with Gasteiger partial charge in [0.2, 0.25) is 0 Å². The van der Waals surface area contributed by atoms with Crippen molar-refractivity contribution in [1.29, 1.82) is 0 Å². The summed E-state index contributed by atoms with van der Waals surface area (Å²) < 4.78 is 13.3. The largest absolute Gasteiger partial charge is 0.491 e. The molecule has 4 rings (SSSR count). The van der Waals surface area contributed by atoms with E-state index in [9.17, 15) is 5.11 Å². The number of ether oxygens (including phenoxy) is 2. The predicted octanol–water partition coefficient (Wildman–Crippen LogP) is 12.8. The minimum atomic E-state index is -0.872. The SMILES string of the molecule is CCCCCCCCCCCCCCc1ccc(CCCCCC)c(OCC(O)COC(c2ccccc2)(c2ccccc2)c2ccccc2)c1. The lowest BCUT2D eigenvalue weighted by Gasteiger charge is -2.36. The molecule has 1 unspecified atom stereocenters. The maximum atomic E-state index is 11.4. The molecule has 0 radical (unpaired) electrons. The van der Waals surface area contributed by atoms with Crippen molar-refractivity contribution in [3.63, 3.8) is 0 Å². The Balaban J connectivity index is 1.36. The number of aliphatic hydroxyl groups is 1. The van der Waals surface area contributed by atoms with Gasteiger partial charge in [-0.1, -0.05) is 207 Å². The first kappa shape index (κ1) is 40.4. The standard InChI is InChI=1S/C48H66O3/c1-3-5-7-9-10-11-12-13-14-15-16-20-28-41-36-37-42(29-21-8-6-4-2)47(38-41)50-39-46(49)40-51-48(43-30-22-17-23-31-43,44-32-24-18-25-33-44)45-34-26-19-27-35-45/h17-19,22-27,30-38,46,49H,3-16,20-21,28-29,39-40H2,1-2H3. The van der Waals surface area contributed by atoms with Crippen LogP contribution in [0.2, 0.25) is 0 Å². The predicted molar refractivity (Wildman–Crippen MR) is 216 cm³/mol. The van der Waals surface area contributed by atoms with Crippen LogP contribution in [0.5, 0.6) is 5.75 Å². The summed E-state index contributed by atoms with van der Waals surface area (Å²) in [6.45, 7) is 4.85. The van der Waals surface area contributed by atoms with Crippen LogP contribution in [0.3, 0.4) is 0 Å². The molecular formula is C48H66O3. The molecule has 0 heterocycles. The molecule has 51 heavy (non-hydrogen) atoms. The third-order valence-corrected chi connectivity index (χ3v) is 10.2. The summed E-state index contributed by atoms with van der Waals surface area (Å²) in [6, 6.07) is 37.8. The van der Waals surface area contributed by atoms with Crippen LogP contribution in [0.4, 0.5) is 0 Å². The maximum Gasteiger partial charge on any atom is 0.143 e. The van der Waals surface area contributed by atoms with Crippen molar-refractivity contribution in [2.24, 2.45) is 0 Å². The highest BCUT2D eigenvalue weighted by Crippen LogP contribution is 2.40. The van der Waals surface area contributed by atoms with E-state index in [2.05, 4.69) is 68.4 Å². The zero-order valence-corrected chi connectivity index (χ0v) is 31.9. The molecule has 4 aromatic rings. The zero-order chi connectivity index (χ0) is 35.8. The Hall–Kier alpha value is -3.40. The molecule has 276 valence electrons. The second-order valence-corrected chi connectivity index (χ2v) is 14.4. The minimum Gasteiger partial charge on any atom is -0.491 e. The Morgan fingerprint density at radius 1 is 0.490 bits per heavy atom. The normalized spacial score (nSPS) is 12.2. The second-order valence-electron chi connectivity index (χ2n) is 14.4. The molecule has 3 heteroatoms. The fourth-order valence-corrected chi connectivity index (χ4v) is 7.23. The van der Waals surface area contributed by atoms with Crippen LogP contribution in [0.15, 0.2) is 109 Å². The Morgan fingerprint density at radius 3 is 1.41 bits per heavy atom. The summed E-state index contributed by atoms with van der Waals surface area (Å²) in [7, 11) is 0. The van der Waals surface area contributed by atoms with Gasteiger partial charge in [0.25, 0.3) is 0 Å². The lowest BCUT2D eigenvalue weighted by atomic mass is 9.80. The topological polar surface area (TPSA) is 38.7 Å². The number of unbranched alkanes of at least 4 members (excludes halogenated alkanes) is 14. The van der Waals surface area contributed by atoms with Gasteiger partial charge in [0.1, 0.15) is 24.1 Å². The lowest BCUT2D eigenvalue weighted by Crippen LogP contribution is -2.37. The van der Waals surface area contributed by atoms with Crippen molar-refractivity contribution >= 4 is 0 Å². The van der Waals surface area contributed by atoms with Crippen LogP contribution in [-0.2, 0) is 23.2 Å². The number of benzene rings is 4. The Morgan fingerprint density at radius 2 is 0.922 bits per heavy atom. The molecule has 4 aromatic carbocycles. The van der Waals surface area contributed by atoms with Crippen LogP contribution in [0, 0.1) is 0 Å². The third-order valence-electron chi connectivity index (χ3n) is 10.2. The van der Waals surface area contributed by atoms with Gasteiger partial charge in [-0.3, -0.25) is 0 Å². The first-order valence-corrected chi connectivity index (χ1v) is 20.4. The average Bonchev–Trinajstić information content (AvgIpc) is 3.18. The van der Waals surface area contributed by atoms with Crippen LogP contribution in [0.1, 0.15) is 144 Å². The van der Waals surface area contributed by atoms with Gasteiger partial charge in [0, 0.05) is 0 Å². The molecule has 0 aliphatic heterocycles. The molecule has 1 N–H and O–H groups in total. The molecule has 1 atom stereocenters.